The summed E-state index contributed by atoms with van der Waals surface area (Å²) in [5, 5.41) is 3.53. The van der Waals surface area contributed by atoms with Gasteiger partial charge in [0.05, 0.1) is 30.5 Å². The minimum Gasteiger partial charge on any atom is -0.486 e. The number of fused-ring (bicyclic) bond motifs is 5. The van der Waals surface area contributed by atoms with Crippen LogP contribution in [0.5, 0.6) is 0 Å². The molecule has 0 bridgehead atoms. The molecule has 339 valence electrons. The van der Waals surface area contributed by atoms with Gasteiger partial charge in [-0.25, -0.2) is 4.98 Å². The first-order chi connectivity index (χ1) is 31.2. The monoisotopic (exact) mass is 1060 g/mol. The predicted octanol–water partition coefficient (Wildman–Crippen LogP) is 15.2. The van der Waals surface area contributed by atoms with E-state index in [-0.39, 0.29) is 20.1 Å². The number of aryl methyl sites for hydroxylation is 3. The number of para-hydroxylation sites is 2. The van der Waals surface area contributed by atoms with Gasteiger partial charge in [0.15, 0.2) is 0 Å². The third-order valence-corrected chi connectivity index (χ3v) is 15.0. The average molecular weight is 1060 g/mol. The Morgan fingerprint density at radius 2 is 1.42 bits per heavy atom. The van der Waals surface area contributed by atoms with Crippen molar-refractivity contribution in [3.8, 4) is 39.5 Å². The number of benzene rings is 5. The SMILES string of the molecule is CC(C)Cc1cc(-c2[c-]cc3c(c2)CCCC3)ncc1[Si](C)(C)C.Cc1ccc2c(n1)oc1c(-c3nc4ccccc4n3-c3c(C(C)C)cc(-c4ccccc4)cc3C(C)C)[c-]ccc12.[Ir]. The fourth-order valence-corrected chi connectivity index (χ4v) is 11.2. The fraction of sp³-hybridized carbons (Fsp3) is 0.305. The van der Waals surface area contributed by atoms with Gasteiger partial charge in [0, 0.05) is 43.1 Å². The van der Waals surface area contributed by atoms with Crippen LogP contribution in [0, 0.1) is 25.0 Å². The summed E-state index contributed by atoms with van der Waals surface area (Å²) in [5.41, 5.74) is 18.2. The second-order valence-electron chi connectivity index (χ2n) is 20.1. The van der Waals surface area contributed by atoms with E-state index in [1.807, 2.05) is 25.1 Å². The molecule has 9 aromatic rings. The zero-order valence-corrected chi connectivity index (χ0v) is 43.7. The maximum absolute atomic E-state index is 6.44. The third kappa shape index (κ3) is 9.41. The number of pyridine rings is 2. The normalized spacial score (nSPS) is 12.8. The Bertz CT molecular complexity index is 3140. The van der Waals surface area contributed by atoms with Crippen LogP contribution >= 0.6 is 0 Å². The van der Waals surface area contributed by atoms with Crippen molar-refractivity contribution in [3.05, 3.63) is 161 Å². The topological polar surface area (TPSA) is 56.7 Å². The molecule has 0 saturated heterocycles. The van der Waals surface area contributed by atoms with Crippen molar-refractivity contribution in [1.82, 2.24) is 19.5 Å². The number of hydrogen-bond acceptors (Lipinski definition) is 4. The van der Waals surface area contributed by atoms with E-state index in [1.54, 1.807) is 0 Å². The summed E-state index contributed by atoms with van der Waals surface area (Å²) in [7, 11) is -1.36. The summed E-state index contributed by atoms with van der Waals surface area (Å²) in [6.45, 7) is 22.9. The second-order valence-corrected chi connectivity index (χ2v) is 25.2. The van der Waals surface area contributed by atoms with Gasteiger partial charge in [-0.15, -0.1) is 53.1 Å². The van der Waals surface area contributed by atoms with Gasteiger partial charge in [0.25, 0.3) is 0 Å². The van der Waals surface area contributed by atoms with Crippen molar-refractivity contribution >= 4 is 46.4 Å². The van der Waals surface area contributed by atoms with Gasteiger partial charge in [0.1, 0.15) is 0 Å². The molecule has 0 N–H and O–H groups in total. The maximum atomic E-state index is 6.44. The molecular formula is C59H62IrN4OSi-2. The average Bonchev–Trinajstić information content (AvgIpc) is 3.86. The van der Waals surface area contributed by atoms with Gasteiger partial charge in [-0.1, -0.05) is 145 Å². The molecule has 5 aromatic carbocycles. The summed E-state index contributed by atoms with van der Waals surface area (Å²) in [5.74, 6) is 2.07. The fourth-order valence-electron chi connectivity index (χ4n) is 9.66. The number of aromatic nitrogens is 4. The van der Waals surface area contributed by atoms with Crippen LogP contribution in [-0.4, -0.2) is 27.6 Å². The minimum absolute atomic E-state index is 0. The quantitative estimate of drug-likeness (QED) is 0.107. The molecule has 0 atom stereocenters. The van der Waals surface area contributed by atoms with Crippen molar-refractivity contribution in [2.75, 3.05) is 0 Å². The molecule has 0 saturated carbocycles. The Kier molecular flexibility index (Phi) is 13.8. The largest absolute Gasteiger partial charge is 0.486 e. The van der Waals surface area contributed by atoms with Gasteiger partial charge in [-0.3, -0.25) is 4.98 Å². The van der Waals surface area contributed by atoms with E-state index in [9.17, 15) is 0 Å². The van der Waals surface area contributed by atoms with Crippen LogP contribution in [0.4, 0.5) is 0 Å². The van der Waals surface area contributed by atoms with Crippen LogP contribution in [0.15, 0.2) is 120 Å². The third-order valence-electron chi connectivity index (χ3n) is 12.9. The van der Waals surface area contributed by atoms with E-state index in [0.29, 0.717) is 23.5 Å². The zero-order valence-electron chi connectivity index (χ0n) is 40.3. The number of nitrogens with zero attached hydrogens (tertiary/aromatic N) is 4. The number of furan rings is 1. The summed E-state index contributed by atoms with van der Waals surface area (Å²) in [6.07, 6.45) is 8.36. The Hall–Kier alpha value is -5.46. The first-order valence-corrected chi connectivity index (χ1v) is 27.2. The molecule has 1 radical (unpaired) electrons. The molecular weight excluding hydrogens is 1000 g/mol. The van der Waals surface area contributed by atoms with Gasteiger partial charge >= 0.3 is 0 Å². The van der Waals surface area contributed by atoms with E-state index >= 15 is 0 Å². The molecule has 0 fully saturated rings. The Labute approximate surface area is 406 Å². The van der Waals surface area contributed by atoms with Gasteiger partial charge in [-0.2, -0.15) is 0 Å². The molecule has 1 aliphatic rings. The molecule has 4 aromatic heterocycles. The predicted molar refractivity (Wildman–Crippen MR) is 275 cm³/mol. The Balaban J connectivity index is 0.000000203. The van der Waals surface area contributed by atoms with E-state index < -0.39 is 8.07 Å². The number of rotatable bonds is 9. The van der Waals surface area contributed by atoms with Crippen LogP contribution in [0.25, 0.3) is 72.6 Å². The maximum Gasteiger partial charge on any atom is 0.216 e. The molecule has 4 heterocycles. The molecule has 5 nitrogen and oxygen atoms in total. The van der Waals surface area contributed by atoms with Crippen molar-refractivity contribution in [2.24, 2.45) is 5.92 Å². The second kappa shape index (κ2) is 19.4. The van der Waals surface area contributed by atoms with E-state index in [4.69, 9.17) is 14.4 Å². The van der Waals surface area contributed by atoms with Crippen molar-refractivity contribution in [3.63, 3.8) is 0 Å². The molecule has 0 unspecified atom stereocenters. The molecule has 66 heavy (non-hydrogen) atoms. The molecule has 10 rings (SSSR count). The van der Waals surface area contributed by atoms with E-state index in [0.717, 1.165) is 56.6 Å². The summed E-state index contributed by atoms with van der Waals surface area (Å²) in [4.78, 5) is 14.7. The molecule has 1 aliphatic carbocycles. The van der Waals surface area contributed by atoms with Crippen LogP contribution < -0.4 is 5.19 Å². The first kappa shape index (κ1) is 47.0. The number of imidazole rings is 1. The van der Waals surface area contributed by atoms with Crippen molar-refractivity contribution in [1.29, 1.82) is 0 Å². The van der Waals surface area contributed by atoms with Crippen LogP contribution in [0.2, 0.25) is 19.6 Å². The van der Waals surface area contributed by atoms with Gasteiger partial charge in [0.2, 0.25) is 5.71 Å². The summed E-state index contributed by atoms with van der Waals surface area (Å²) in [6, 6.07) is 45.8. The molecule has 0 spiro atoms. The van der Waals surface area contributed by atoms with Gasteiger partial charge < -0.3 is 14.0 Å². The summed E-state index contributed by atoms with van der Waals surface area (Å²) >= 11 is 0. The number of hydrogen-bond donors (Lipinski definition) is 0. The van der Waals surface area contributed by atoms with Crippen molar-refractivity contribution < 1.29 is 24.5 Å². The Morgan fingerprint density at radius 1 is 0.727 bits per heavy atom. The molecule has 7 heteroatoms. The molecule has 0 amide bonds. The van der Waals surface area contributed by atoms with Crippen LogP contribution in [0.3, 0.4) is 0 Å². The van der Waals surface area contributed by atoms with E-state index in [2.05, 4.69) is 180 Å². The van der Waals surface area contributed by atoms with E-state index in [1.165, 1.54) is 81.1 Å². The molecule has 0 aliphatic heterocycles. The van der Waals surface area contributed by atoms with Crippen molar-refractivity contribution in [2.45, 2.75) is 112 Å². The minimum atomic E-state index is -1.36. The zero-order chi connectivity index (χ0) is 45.6. The van der Waals surface area contributed by atoms with Crippen LogP contribution in [-0.2, 0) is 39.4 Å². The Morgan fingerprint density at radius 3 is 2.12 bits per heavy atom. The first-order valence-electron chi connectivity index (χ1n) is 23.7. The van der Waals surface area contributed by atoms with Gasteiger partial charge in [-0.05, 0) is 107 Å². The van der Waals surface area contributed by atoms with Crippen LogP contribution in [0.1, 0.15) is 99.7 Å². The smallest absolute Gasteiger partial charge is 0.216 e. The summed E-state index contributed by atoms with van der Waals surface area (Å²) < 4.78 is 8.78. The standard InChI is InChI=1S/C37H32N3O.C22H30NSi.Ir/c1-22(2)30-20-26(25-12-7-6-8-13-25)21-31(23(3)4)34(30)40-33-17-10-9-16-32(33)39-36(40)29-15-11-14-27-28-19-18-24(5)38-37(28)41-35(27)29;1-16(2)12-20-14-21(23-15-22(20)24(3,4)5)19-11-10-17-8-6-7-9-18(17)13-19;/h6-14,16-23H,1-5H3;10,13-16H,6-9,12H2,1-5H3;/q2*-1;.